The first-order valence-electron chi connectivity index (χ1n) is 12.7. The van der Waals surface area contributed by atoms with Gasteiger partial charge in [0.15, 0.2) is 4.80 Å². The second kappa shape index (κ2) is 11.8. The van der Waals surface area contributed by atoms with Crippen LogP contribution >= 0.6 is 11.3 Å². The molecule has 0 aliphatic carbocycles. The molecule has 0 fully saturated rings. The summed E-state index contributed by atoms with van der Waals surface area (Å²) < 4.78 is 12.3. The molecule has 0 saturated carbocycles. The maximum absolute atomic E-state index is 14.0. The van der Waals surface area contributed by atoms with E-state index in [1.807, 2.05) is 13.8 Å². The Labute approximate surface area is 242 Å². The molecule has 14 nitrogen and oxygen atoms in total. The van der Waals surface area contributed by atoms with E-state index in [4.69, 9.17) is 9.47 Å². The van der Waals surface area contributed by atoms with Gasteiger partial charge in [-0.3, -0.25) is 34.4 Å². The van der Waals surface area contributed by atoms with Crippen molar-refractivity contribution in [2.24, 2.45) is 4.99 Å². The van der Waals surface area contributed by atoms with Crippen molar-refractivity contribution in [3.63, 3.8) is 0 Å². The van der Waals surface area contributed by atoms with Crippen LogP contribution in [0.3, 0.4) is 0 Å². The Morgan fingerprint density at radius 2 is 1.83 bits per heavy atom. The number of likely N-dealkylation sites (N-methyl/N-ethyl adjacent to an activating group) is 1. The minimum absolute atomic E-state index is 0.0324. The van der Waals surface area contributed by atoms with E-state index < -0.39 is 38.6 Å². The molecule has 1 aliphatic rings. The van der Waals surface area contributed by atoms with Gasteiger partial charge >= 0.3 is 5.69 Å². The molecule has 42 heavy (non-hydrogen) atoms. The number of phenols is 1. The molecule has 1 amide bonds. The molecule has 1 aromatic heterocycles. The smallest absolute Gasteiger partial charge is 0.318 e. The van der Waals surface area contributed by atoms with E-state index in [0.717, 1.165) is 23.5 Å². The van der Waals surface area contributed by atoms with Crippen LogP contribution in [0.1, 0.15) is 37.9 Å². The van der Waals surface area contributed by atoms with Crippen molar-refractivity contribution in [1.82, 2.24) is 9.47 Å². The number of nitrogens with zero attached hydrogens (tertiary/aromatic N) is 5. The Morgan fingerprint density at radius 1 is 1.14 bits per heavy atom. The quantitative estimate of drug-likeness (QED) is 0.287. The van der Waals surface area contributed by atoms with Crippen molar-refractivity contribution in [3.8, 4) is 17.2 Å². The zero-order valence-corrected chi connectivity index (χ0v) is 24.1. The highest BCUT2D eigenvalue weighted by Gasteiger charge is 2.36. The Kier molecular flexibility index (Phi) is 8.42. The maximum atomic E-state index is 14.0. The number of rotatable bonds is 9. The number of carbonyl (C=O) groups excluding carboxylic acids is 1. The molecule has 4 rings (SSSR count). The lowest BCUT2D eigenvalue weighted by Gasteiger charge is -2.30. The number of allylic oxidation sites excluding steroid dienone is 1. The number of hydrogen-bond donors (Lipinski definition) is 1. The number of non-ortho nitro benzene ring substituents is 1. The van der Waals surface area contributed by atoms with Gasteiger partial charge in [0.05, 0.1) is 45.9 Å². The van der Waals surface area contributed by atoms with Gasteiger partial charge in [-0.25, -0.2) is 4.99 Å². The third kappa shape index (κ3) is 5.21. The number of aromatic hydroxyl groups is 1. The summed E-state index contributed by atoms with van der Waals surface area (Å²) in [6.07, 6.45) is 1.13. The number of aromatic nitrogens is 1. The average Bonchev–Trinajstić information content (AvgIpc) is 3.26. The van der Waals surface area contributed by atoms with E-state index in [1.165, 1.54) is 18.8 Å². The van der Waals surface area contributed by atoms with Crippen LogP contribution in [-0.4, -0.2) is 57.6 Å². The van der Waals surface area contributed by atoms with Crippen LogP contribution in [0.5, 0.6) is 17.2 Å². The van der Waals surface area contributed by atoms with Crippen LogP contribution in [0.2, 0.25) is 0 Å². The predicted molar refractivity (Wildman–Crippen MR) is 153 cm³/mol. The maximum Gasteiger partial charge on any atom is 0.318 e. The Morgan fingerprint density at radius 3 is 2.40 bits per heavy atom. The molecule has 0 bridgehead atoms. The van der Waals surface area contributed by atoms with Gasteiger partial charge in [-0.05, 0) is 45.0 Å². The molecule has 0 spiro atoms. The van der Waals surface area contributed by atoms with Gasteiger partial charge in [0.2, 0.25) is 5.75 Å². The SMILES string of the molecule is CCN(CC)C(=O)C1=C(C)N=c2s/c(=C/c3cc([N+](=O)[O-])cc([N+](=O)[O-])c3O)c(=O)n2[C@@H]1c1cc(OC)ccc1OC. The number of carbonyl (C=O) groups is 1. The first-order valence-corrected chi connectivity index (χ1v) is 13.5. The van der Waals surface area contributed by atoms with E-state index in [9.17, 15) is 34.9 Å². The van der Waals surface area contributed by atoms with E-state index in [-0.39, 0.29) is 26.4 Å². The van der Waals surface area contributed by atoms with E-state index in [1.54, 1.807) is 30.0 Å². The second-order valence-corrected chi connectivity index (χ2v) is 10.1. The number of nitro groups is 2. The van der Waals surface area contributed by atoms with Gasteiger partial charge < -0.3 is 19.5 Å². The summed E-state index contributed by atoms with van der Waals surface area (Å²) in [7, 11) is 2.93. The molecule has 0 saturated heterocycles. The molecular formula is C27H27N5O9S. The van der Waals surface area contributed by atoms with Crippen LogP contribution in [0.15, 0.2) is 51.4 Å². The van der Waals surface area contributed by atoms with Gasteiger partial charge in [0.25, 0.3) is 17.2 Å². The molecule has 1 aliphatic heterocycles. The van der Waals surface area contributed by atoms with Gasteiger partial charge in [0, 0.05) is 30.3 Å². The summed E-state index contributed by atoms with van der Waals surface area (Å²) in [6.45, 7) is 6.13. The van der Waals surface area contributed by atoms with E-state index >= 15 is 0 Å². The molecule has 0 radical (unpaired) electrons. The standard InChI is InChI=1S/C27H27N5O9S/c1-6-29(7-2)26(35)22-14(3)28-27-30(23(22)18-13-17(40-4)8-9-20(18)41-5)25(34)21(42-27)11-15-10-16(31(36)37)12-19(24(15)33)32(38)39/h8-13,23,33H,6-7H2,1-5H3/b21-11+/t23-/m1/s1. The Bertz CT molecular complexity index is 1820. The summed E-state index contributed by atoms with van der Waals surface area (Å²) in [5, 5.41) is 33.4. The van der Waals surface area contributed by atoms with Gasteiger partial charge in [-0.1, -0.05) is 11.3 Å². The number of ether oxygens (including phenoxy) is 2. The molecule has 2 heterocycles. The minimum Gasteiger partial charge on any atom is -0.502 e. The molecule has 220 valence electrons. The number of methoxy groups -OCH3 is 2. The van der Waals surface area contributed by atoms with Crippen molar-refractivity contribution in [2.45, 2.75) is 26.8 Å². The number of nitro benzene ring substituents is 2. The lowest BCUT2D eigenvalue weighted by molar-refractivity contribution is -0.394. The minimum atomic E-state index is -1.01. The molecule has 1 N–H and O–H groups in total. The average molecular weight is 598 g/mol. The largest absolute Gasteiger partial charge is 0.502 e. The molecule has 0 unspecified atom stereocenters. The van der Waals surface area contributed by atoms with Crippen molar-refractivity contribution >= 4 is 34.7 Å². The number of hydrogen-bond acceptors (Lipinski definition) is 11. The first kappa shape index (κ1) is 29.9. The number of amides is 1. The monoisotopic (exact) mass is 597 g/mol. The van der Waals surface area contributed by atoms with Gasteiger partial charge in [-0.2, -0.15) is 0 Å². The van der Waals surface area contributed by atoms with Gasteiger partial charge in [0.1, 0.15) is 17.5 Å². The summed E-state index contributed by atoms with van der Waals surface area (Å²) >= 11 is 0.900. The third-order valence-electron chi connectivity index (χ3n) is 6.83. The van der Waals surface area contributed by atoms with Crippen LogP contribution in [0.4, 0.5) is 11.4 Å². The van der Waals surface area contributed by atoms with Crippen molar-refractivity contribution in [3.05, 3.63) is 92.6 Å². The topological polar surface area (TPSA) is 180 Å². The fraction of sp³-hybridized carbons (Fsp3) is 0.296. The second-order valence-electron chi connectivity index (χ2n) is 9.08. The summed E-state index contributed by atoms with van der Waals surface area (Å²) in [5.74, 6) is -0.346. The fourth-order valence-corrected chi connectivity index (χ4v) is 5.78. The van der Waals surface area contributed by atoms with E-state index in [2.05, 4.69) is 4.99 Å². The summed E-state index contributed by atoms with van der Waals surface area (Å²) in [4.78, 5) is 55.3. The highest BCUT2D eigenvalue weighted by atomic mass is 32.1. The van der Waals surface area contributed by atoms with Crippen molar-refractivity contribution < 1.29 is 29.2 Å². The number of benzene rings is 2. The Hall–Kier alpha value is -5.05. The molecule has 1 atom stereocenters. The molecule has 15 heteroatoms. The zero-order valence-electron chi connectivity index (χ0n) is 23.3. The lowest BCUT2D eigenvalue weighted by Crippen LogP contribution is -2.43. The normalized spacial score (nSPS) is 14.7. The van der Waals surface area contributed by atoms with Crippen LogP contribution in [-0.2, 0) is 4.79 Å². The predicted octanol–water partition coefficient (Wildman–Crippen LogP) is 2.64. The number of fused-ring (bicyclic) bond motifs is 1. The number of phenolic OH excluding ortho intramolecular Hbond substituents is 1. The van der Waals surface area contributed by atoms with Crippen LogP contribution < -0.4 is 24.4 Å². The van der Waals surface area contributed by atoms with Crippen molar-refractivity contribution in [1.29, 1.82) is 0 Å². The van der Waals surface area contributed by atoms with Crippen molar-refractivity contribution in [2.75, 3.05) is 27.3 Å². The van der Waals surface area contributed by atoms with Crippen LogP contribution in [0, 0.1) is 20.2 Å². The Balaban J connectivity index is 2.07. The zero-order chi connectivity index (χ0) is 30.9. The lowest BCUT2D eigenvalue weighted by atomic mass is 9.93. The van der Waals surface area contributed by atoms with Gasteiger partial charge in [-0.15, -0.1) is 0 Å². The van der Waals surface area contributed by atoms with E-state index in [0.29, 0.717) is 41.9 Å². The fourth-order valence-electron chi connectivity index (χ4n) is 4.75. The number of thiazole rings is 1. The molecule has 3 aromatic rings. The highest BCUT2D eigenvalue weighted by Crippen LogP contribution is 2.38. The summed E-state index contributed by atoms with van der Waals surface area (Å²) in [5.41, 5.74) is -1.42. The first-order chi connectivity index (χ1) is 20.0. The molecule has 2 aromatic carbocycles. The summed E-state index contributed by atoms with van der Waals surface area (Å²) in [6, 6.07) is 5.55. The highest BCUT2D eigenvalue weighted by molar-refractivity contribution is 7.07. The molecular weight excluding hydrogens is 570 g/mol. The third-order valence-corrected chi connectivity index (χ3v) is 7.82. The van der Waals surface area contributed by atoms with Crippen LogP contribution in [0.25, 0.3) is 6.08 Å².